The molecule has 2 aromatic heterocycles. The normalized spacial score (nSPS) is 10.9. The minimum absolute atomic E-state index is 0.0647. The first-order valence-corrected chi connectivity index (χ1v) is 9.59. The number of carbonyl (C=O) groups is 1. The number of nitrogens with one attached hydrogen (secondary N) is 1. The molecule has 6 heteroatoms. The monoisotopic (exact) mass is 357 g/mol. The van der Waals surface area contributed by atoms with Gasteiger partial charge in [-0.05, 0) is 25.0 Å². The van der Waals surface area contributed by atoms with Gasteiger partial charge in [0.25, 0.3) is 0 Å². The zero-order valence-corrected chi connectivity index (χ0v) is 15.3. The minimum atomic E-state index is 0.0647. The number of nitrogens with zero attached hydrogens (tertiary/aromatic N) is 2. The smallest absolute Gasteiger partial charge is 0.221 e. The highest BCUT2D eigenvalue weighted by molar-refractivity contribution is 7.99. The van der Waals surface area contributed by atoms with Crippen molar-refractivity contribution in [3.63, 3.8) is 0 Å². The summed E-state index contributed by atoms with van der Waals surface area (Å²) < 4.78 is 0. The molecule has 124 valence electrons. The zero-order chi connectivity index (χ0) is 16.9. The first-order valence-electron chi connectivity index (χ1n) is 7.79. The summed E-state index contributed by atoms with van der Waals surface area (Å²) in [6.45, 7) is 4.78. The van der Waals surface area contributed by atoms with E-state index in [2.05, 4.69) is 29.1 Å². The van der Waals surface area contributed by atoms with E-state index >= 15 is 0 Å². The van der Waals surface area contributed by atoms with Crippen molar-refractivity contribution < 1.29 is 4.79 Å². The molecule has 2 heterocycles. The quantitative estimate of drug-likeness (QED) is 0.533. The summed E-state index contributed by atoms with van der Waals surface area (Å²) in [6.07, 6.45) is 2.08. The van der Waals surface area contributed by atoms with E-state index in [0.29, 0.717) is 18.7 Å². The molecule has 0 fully saturated rings. The van der Waals surface area contributed by atoms with Crippen LogP contribution in [-0.2, 0) is 11.3 Å². The van der Waals surface area contributed by atoms with Crippen molar-refractivity contribution in [2.45, 2.75) is 31.8 Å². The van der Waals surface area contributed by atoms with Crippen LogP contribution in [0.25, 0.3) is 10.2 Å². The van der Waals surface area contributed by atoms with Crippen LogP contribution in [-0.4, -0.2) is 21.6 Å². The average Bonchev–Trinajstić information content (AvgIpc) is 2.89. The molecule has 1 N–H and O–H groups in total. The van der Waals surface area contributed by atoms with Gasteiger partial charge < -0.3 is 5.32 Å². The van der Waals surface area contributed by atoms with Crippen LogP contribution in [0.4, 0.5) is 0 Å². The molecule has 24 heavy (non-hydrogen) atoms. The molecule has 0 saturated heterocycles. The van der Waals surface area contributed by atoms with Crippen molar-refractivity contribution >= 4 is 39.2 Å². The predicted octanol–water partition coefficient (Wildman–Crippen LogP) is 4.11. The summed E-state index contributed by atoms with van der Waals surface area (Å²) >= 11 is 3.32. The van der Waals surface area contributed by atoms with Crippen LogP contribution >= 0.6 is 23.1 Å². The lowest BCUT2D eigenvalue weighted by Gasteiger charge is -2.06. The Morgan fingerprint density at radius 3 is 2.79 bits per heavy atom. The van der Waals surface area contributed by atoms with Crippen LogP contribution in [0.15, 0.2) is 41.7 Å². The van der Waals surface area contributed by atoms with Gasteiger partial charge in [-0.3, -0.25) is 4.79 Å². The highest BCUT2D eigenvalue weighted by atomic mass is 32.2. The molecule has 3 rings (SSSR count). The molecule has 0 saturated carbocycles. The summed E-state index contributed by atoms with van der Waals surface area (Å²) in [4.78, 5) is 23.0. The van der Waals surface area contributed by atoms with Crippen molar-refractivity contribution in [2.24, 2.45) is 0 Å². The highest BCUT2D eigenvalue weighted by Gasteiger charge is 2.12. The maximum absolute atomic E-state index is 12.0. The number of aryl methyl sites for hydroxylation is 2. The largest absolute Gasteiger partial charge is 0.352 e. The number of carbonyl (C=O) groups excluding carboxylic acids is 1. The van der Waals surface area contributed by atoms with E-state index in [1.54, 1.807) is 29.4 Å². The van der Waals surface area contributed by atoms with E-state index in [4.69, 9.17) is 0 Å². The minimum Gasteiger partial charge on any atom is -0.352 e. The lowest BCUT2D eigenvalue weighted by molar-refractivity contribution is -0.120. The lowest BCUT2D eigenvalue weighted by Crippen LogP contribution is -2.22. The number of thiophene rings is 1. The fraction of sp³-hybridized carbons (Fsp3) is 0.278. The van der Waals surface area contributed by atoms with Gasteiger partial charge >= 0.3 is 0 Å². The van der Waals surface area contributed by atoms with Gasteiger partial charge in [0, 0.05) is 29.0 Å². The maximum atomic E-state index is 12.0. The Hall–Kier alpha value is -1.92. The Bertz CT molecular complexity index is 846. The molecule has 4 nitrogen and oxygen atoms in total. The highest BCUT2D eigenvalue weighted by Crippen LogP contribution is 2.34. The van der Waals surface area contributed by atoms with E-state index in [0.717, 1.165) is 20.8 Å². The first-order chi connectivity index (χ1) is 11.6. The Balaban J connectivity index is 1.54. The van der Waals surface area contributed by atoms with Crippen LogP contribution in [0, 0.1) is 13.8 Å². The van der Waals surface area contributed by atoms with Gasteiger partial charge in [0.1, 0.15) is 16.2 Å². The van der Waals surface area contributed by atoms with Gasteiger partial charge in [-0.2, -0.15) is 0 Å². The van der Waals surface area contributed by atoms with Gasteiger partial charge in [-0.15, -0.1) is 23.1 Å². The fourth-order valence-corrected chi connectivity index (χ4v) is 4.44. The second kappa shape index (κ2) is 7.77. The number of hydrogen-bond donors (Lipinski definition) is 1. The number of rotatable bonds is 6. The van der Waals surface area contributed by atoms with Gasteiger partial charge in [0.2, 0.25) is 5.91 Å². The maximum Gasteiger partial charge on any atom is 0.221 e. The van der Waals surface area contributed by atoms with Crippen molar-refractivity contribution in [3.05, 3.63) is 52.7 Å². The van der Waals surface area contributed by atoms with Crippen LogP contribution in [0.1, 0.15) is 22.4 Å². The van der Waals surface area contributed by atoms with Crippen molar-refractivity contribution in [3.8, 4) is 0 Å². The number of thioether (sulfide) groups is 1. The van der Waals surface area contributed by atoms with E-state index in [-0.39, 0.29) is 5.91 Å². The second-order valence-corrected chi connectivity index (χ2v) is 7.79. The molecule has 0 atom stereocenters. The first kappa shape index (κ1) is 16.9. The van der Waals surface area contributed by atoms with E-state index in [1.165, 1.54) is 10.4 Å². The Morgan fingerprint density at radius 2 is 2.00 bits per heavy atom. The molecule has 0 aliphatic carbocycles. The number of amides is 1. The molecular formula is C18H19N3OS2. The van der Waals surface area contributed by atoms with Crippen LogP contribution in [0.3, 0.4) is 0 Å². The third kappa shape index (κ3) is 3.94. The summed E-state index contributed by atoms with van der Waals surface area (Å²) in [7, 11) is 0. The topological polar surface area (TPSA) is 54.9 Å². The van der Waals surface area contributed by atoms with E-state index in [1.807, 2.05) is 30.3 Å². The van der Waals surface area contributed by atoms with E-state index < -0.39 is 0 Å². The summed E-state index contributed by atoms with van der Waals surface area (Å²) in [5, 5.41) is 5.06. The van der Waals surface area contributed by atoms with Gasteiger partial charge in [-0.1, -0.05) is 30.3 Å². The van der Waals surface area contributed by atoms with Gasteiger partial charge in [0.15, 0.2) is 0 Å². The summed E-state index contributed by atoms with van der Waals surface area (Å²) in [5.41, 5.74) is 2.35. The molecule has 0 aliphatic rings. The predicted molar refractivity (Wildman–Crippen MR) is 101 cm³/mol. The van der Waals surface area contributed by atoms with E-state index in [9.17, 15) is 4.79 Å². The fourth-order valence-electron chi connectivity index (χ4n) is 2.38. The van der Waals surface area contributed by atoms with Crippen molar-refractivity contribution in [2.75, 3.05) is 5.75 Å². The third-order valence-electron chi connectivity index (χ3n) is 3.83. The standard InChI is InChI=1S/C18H19N3OS2/c1-12-13(2)24-18-16(12)17(20-11-21-18)23-9-8-15(22)19-10-14-6-4-3-5-7-14/h3-7,11H,8-10H2,1-2H3,(H,19,22). The van der Waals surface area contributed by atoms with Crippen molar-refractivity contribution in [1.82, 2.24) is 15.3 Å². The Kier molecular flexibility index (Phi) is 5.48. The molecule has 0 radical (unpaired) electrons. The molecular weight excluding hydrogens is 338 g/mol. The number of benzene rings is 1. The molecule has 3 aromatic rings. The van der Waals surface area contributed by atoms with Gasteiger partial charge in [0.05, 0.1) is 0 Å². The third-order valence-corrected chi connectivity index (χ3v) is 5.94. The summed E-state index contributed by atoms with van der Waals surface area (Å²) in [5.74, 6) is 0.774. The molecule has 0 spiro atoms. The van der Waals surface area contributed by atoms with Crippen molar-refractivity contribution in [1.29, 1.82) is 0 Å². The van der Waals surface area contributed by atoms with Crippen LogP contribution in [0.5, 0.6) is 0 Å². The summed E-state index contributed by atoms with van der Waals surface area (Å²) in [6, 6.07) is 9.94. The zero-order valence-electron chi connectivity index (χ0n) is 13.7. The molecule has 0 unspecified atom stereocenters. The molecule has 0 aliphatic heterocycles. The molecule has 1 aromatic carbocycles. The van der Waals surface area contributed by atoms with Gasteiger partial charge in [-0.25, -0.2) is 9.97 Å². The number of hydrogen-bond acceptors (Lipinski definition) is 5. The van der Waals surface area contributed by atoms with Crippen LogP contribution in [0.2, 0.25) is 0 Å². The molecule has 0 bridgehead atoms. The SMILES string of the molecule is Cc1sc2ncnc(SCCC(=O)NCc3ccccc3)c2c1C. The average molecular weight is 358 g/mol. The Labute approximate surface area is 149 Å². The lowest BCUT2D eigenvalue weighted by atomic mass is 10.2. The Morgan fingerprint density at radius 1 is 1.21 bits per heavy atom. The van der Waals surface area contributed by atoms with Crippen LogP contribution < -0.4 is 5.32 Å². The number of aromatic nitrogens is 2. The number of fused-ring (bicyclic) bond motifs is 1. The second-order valence-electron chi connectivity index (χ2n) is 5.50. The molecule has 1 amide bonds.